The average Bonchev–Trinajstić information content (AvgIpc) is 3.25. The van der Waals surface area contributed by atoms with Crippen LogP contribution in [0.4, 0.5) is 4.39 Å². The summed E-state index contributed by atoms with van der Waals surface area (Å²) < 4.78 is 59.4. The number of hydrogen-bond acceptors (Lipinski definition) is 20. The van der Waals surface area contributed by atoms with E-state index in [2.05, 4.69) is 0 Å². The molecule has 13 N–H and O–H groups in total. The molecule has 21 nitrogen and oxygen atoms in total. The summed E-state index contributed by atoms with van der Waals surface area (Å²) in [4.78, 5) is 12.5. The van der Waals surface area contributed by atoms with Gasteiger partial charge in [-0.25, -0.2) is 9.18 Å². The van der Waals surface area contributed by atoms with E-state index in [1.807, 2.05) is 0 Å². The van der Waals surface area contributed by atoms with Gasteiger partial charge in [-0.1, -0.05) is 6.08 Å². The summed E-state index contributed by atoms with van der Waals surface area (Å²) in [7, 11) is 0. The molecule has 3 saturated carbocycles. The summed E-state index contributed by atoms with van der Waals surface area (Å²) in [6.45, 7) is -1.69. The van der Waals surface area contributed by atoms with Crippen LogP contribution in [0.3, 0.4) is 0 Å². The van der Waals surface area contributed by atoms with Crippen LogP contribution in [0.25, 0.3) is 0 Å². The van der Waals surface area contributed by atoms with Gasteiger partial charge in [0.2, 0.25) is 0 Å². The highest BCUT2D eigenvalue weighted by Crippen LogP contribution is 2.43. The lowest BCUT2D eigenvalue weighted by atomic mass is 9.72. The van der Waals surface area contributed by atoms with Crippen LogP contribution in [-0.4, -0.2) is 227 Å². The highest BCUT2D eigenvalue weighted by Gasteiger charge is 2.56. The molecule has 23 atom stereocenters. The Morgan fingerprint density at radius 1 is 0.635 bits per heavy atom. The van der Waals surface area contributed by atoms with Crippen molar-refractivity contribution in [2.24, 2.45) is 17.8 Å². The van der Waals surface area contributed by atoms with Gasteiger partial charge in [-0.2, -0.15) is 0 Å². The molecule has 3 aliphatic carbocycles. The standard InChI is InChI=1S/C41H65FO21/c42-18-5-1-16(2-6-18)3-8-29(48)56-14-27-31(50)33(52)36(55)39(61-27)58-15-28-32(51)34(53)38(63-40-35(54)30(49)24(47)13-57-40)41(62-28)60-26-12-20-22(45)10-19(43)11-25(20)59-37(26)17-4-7-21(44)23(46)9-17/h3,8,16-28,30-41,43-47,49-55H,1-2,4-7,9-15H2/p+1. The van der Waals surface area contributed by atoms with Crippen molar-refractivity contribution < 1.29 is 108 Å². The molecular weight excluding hydrogens is 847 g/mol. The molecule has 0 aromatic rings. The molecule has 0 radical (unpaired) electrons. The summed E-state index contributed by atoms with van der Waals surface area (Å²) >= 11 is 0. The van der Waals surface area contributed by atoms with E-state index in [1.165, 1.54) is 6.08 Å². The zero-order valence-corrected chi connectivity index (χ0v) is 34.7. The number of esters is 1. The zero-order chi connectivity index (χ0) is 45.3. The molecule has 0 bridgehead atoms. The maximum Gasteiger partial charge on any atom is 0.330 e. The maximum absolute atomic E-state index is 13.5. The third-order valence-corrected chi connectivity index (χ3v) is 14.0. The van der Waals surface area contributed by atoms with Crippen LogP contribution in [0.2, 0.25) is 0 Å². The summed E-state index contributed by atoms with van der Waals surface area (Å²) in [5.41, 5.74) is 0. The van der Waals surface area contributed by atoms with Crippen LogP contribution >= 0.6 is 0 Å². The van der Waals surface area contributed by atoms with Gasteiger partial charge in [0.1, 0.15) is 86.0 Å². The van der Waals surface area contributed by atoms with Gasteiger partial charge in [-0.3, -0.25) is 0 Å². The average molecular weight is 914 g/mol. The lowest BCUT2D eigenvalue weighted by Gasteiger charge is -2.49. The Hall–Kier alpha value is -1.62. The van der Waals surface area contributed by atoms with E-state index in [-0.39, 0.29) is 43.9 Å². The second kappa shape index (κ2) is 21.6. The summed E-state index contributed by atoms with van der Waals surface area (Å²) in [5.74, 6) is -1.61. The number of fused-ring (bicyclic) bond motifs is 1. The third-order valence-electron chi connectivity index (χ3n) is 14.0. The topological polar surface area (TPSA) is 337 Å². The van der Waals surface area contributed by atoms with E-state index in [9.17, 15) is 70.5 Å². The molecule has 22 heteroatoms. The molecule has 0 aromatic heterocycles. The van der Waals surface area contributed by atoms with Crippen molar-refractivity contribution in [3.05, 3.63) is 12.2 Å². The zero-order valence-electron chi connectivity index (χ0n) is 34.7. The molecule has 4 saturated heterocycles. The number of aliphatic hydroxyl groups is 14. The Balaban J connectivity index is 1.06. The smallest absolute Gasteiger partial charge is 0.330 e. The normalized spacial score (nSPS) is 51.1. The number of aliphatic hydroxyl groups excluding tert-OH is 12. The fourth-order valence-electron chi connectivity index (χ4n) is 10.1. The fraction of sp³-hybridized carbons (Fsp3) is 0.927. The quantitative estimate of drug-likeness (QED) is 0.0498. The fourth-order valence-corrected chi connectivity index (χ4v) is 10.1. The minimum atomic E-state index is -1.90. The van der Waals surface area contributed by atoms with E-state index in [1.54, 1.807) is 6.08 Å². The predicted octanol–water partition coefficient (Wildman–Crippen LogP) is -4.58. The number of allylic oxidation sites excluding steroid dienone is 1. The highest BCUT2D eigenvalue weighted by atomic mass is 19.1. The molecule has 0 amide bonds. The van der Waals surface area contributed by atoms with Crippen LogP contribution in [0.15, 0.2) is 12.2 Å². The number of alkyl halides is 1. The van der Waals surface area contributed by atoms with Crippen LogP contribution in [0, 0.1) is 17.8 Å². The molecule has 0 aromatic carbocycles. The van der Waals surface area contributed by atoms with Crippen molar-refractivity contribution >= 4 is 5.97 Å². The lowest BCUT2D eigenvalue weighted by molar-refractivity contribution is -0.385. The summed E-state index contributed by atoms with van der Waals surface area (Å²) in [6.07, 6.45) is -24.4. The largest absolute Gasteiger partial charge is 0.460 e. The van der Waals surface area contributed by atoms with E-state index >= 15 is 0 Å². The Kier molecular flexibility index (Phi) is 16.9. The second-order valence-corrected chi connectivity index (χ2v) is 18.4. The number of rotatable bonds is 12. The van der Waals surface area contributed by atoms with Crippen molar-refractivity contribution in [1.82, 2.24) is 0 Å². The molecule has 23 unspecified atom stereocenters. The highest BCUT2D eigenvalue weighted by molar-refractivity contribution is 5.81. The molecule has 7 aliphatic rings. The number of ether oxygens (including phenoxy) is 8. The van der Waals surface area contributed by atoms with Gasteiger partial charge in [0.15, 0.2) is 31.1 Å². The number of hydrogen-bond donors (Lipinski definition) is 12. The summed E-state index contributed by atoms with van der Waals surface area (Å²) in [5, 5.41) is 129. The summed E-state index contributed by atoms with van der Waals surface area (Å²) in [6, 6.07) is 0. The van der Waals surface area contributed by atoms with Crippen molar-refractivity contribution in [3.63, 3.8) is 0 Å². The maximum atomic E-state index is 13.5. The van der Waals surface area contributed by atoms with Crippen LogP contribution in [0.1, 0.15) is 64.2 Å². The Labute approximate surface area is 362 Å². The first-order valence-corrected chi connectivity index (χ1v) is 22.2. The minimum absolute atomic E-state index is 0.000201. The molecule has 7 rings (SSSR count). The molecule has 362 valence electrons. The van der Waals surface area contributed by atoms with Gasteiger partial charge >= 0.3 is 5.97 Å². The Bertz CT molecular complexity index is 1490. The van der Waals surface area contributed by atoms with Gasteiger partial charge in [-0.15, -0.1) is 0 Å². The number of carbonyl (C=O) groups excluding carboxylic acids is 1. The second-order valence-electron chi connectivity index (χ2n) is 18.4. The number of halogens is 1. The lowest BCUT2D eigenvalue weighted by Crippen LogP contribution is -2.65. The molecule has 0 spiro atoms. The first-order valence-electron chi connectivity index (χ1n) is 22.2. The molecule has 63 heavy (non-hydrogen) atoms. The van der Waals surface area contributed by atoms with Crippen molar-refractivity contribution in [2.75, 3.05) is 19.8 Å². The van der Waals surface area contributed by atoms with Crippen molar-refractivity contribution in [3.8, 4) is 0 Å². The van der Waals surface area contributed by atoms with Crippen LogP contribution < -0.4 is 0 Å². The first-order chi connectivity index (χ1) is 30.0. The van der Waals surface area contributed by atoms with Gasteiger partial charge in [0, 0.05) is 24.8 Å². The van der Waals surface area contributed by atoms with Crippen molar-refractivity contribution in [2.45, 2.75) is 199 Å². The van der Waals surface area contributed by atoms with Crippen LogP contribution in [0.5, 0.6) is 0 Å². The van der Waals surface area contributed by atoms with E-state index in [0.29, 0.717) is 32.1 Å². The van der Waals surface area contributed by atoms with Gasteiger partial charge < -0.3 is 99.2 Å². The predicted molar refractivity (Wildman–Crippen MR) is 206 cm³/mol. The Morgan fingerprint density at radius 3 is 2.05 bits per heavy atom. The van der Waals surface area contributed by atoms with Gasteiger partial charge in [0.25, 0.3) is 0 Å². The van der Waals surface area contributed by atoms with E-state index < -0.39 is 167 Å². The van der Waals surface area contributed by atoms with Gasteiger partial charge in [0.05, 0.1) is 43.5 Å². The SMILES string of the molecule is O=C(C=CC1CCC(F)CC1)OCC1OC(OCC2OC(OC3CC4C(O)CC(O)CC4[OH+]C3C3CCC(O)C(O)C3)C(OC3OCC(O)C(O)C3O)C(O)C2O)C(O)C(O)C1O. The Morgan fingerprint density at radius 2 is 1.32 bits per heavy atom. The molecular formula is C41H66FO21+. The monoisotopic (exact) mass is 913 g/mol. The van der Waals surface area contributed by atoms with Crippen molar-refractivity contribution in [1.29, 1.82) is 0 Å². The first kappa shape index (κ1) is 49.3. The van der Waals surface area contributed by atoms with Gasteiger partial charge in [-0.05, 0) is 57.3 Å². The van der Waals surface area contributed by atoms with E-state index in [0.717, 1.165) is 0 Å². The number of carbonyl (C=O) groups is 1. The van der Waals surface area contributed by atoms with Crippen LogP contribution in [-0.2, 0) is 38.0 Å². The minimum Gasteiger partial charge on any atom is -0.460 e. The third kappa shape index (κ3) is 11.6. The van der Waals surface area contributed by atoms with E-state index in [4.69, 9.17) is 37.9 Å². The molecule has 4 aliphatic heterocycles. The molecule has 4 heterocycles. The molecule has 7 fully saturated rings.